The molecule has 0 fully saturated rings. The molecule has 0 unspecified atom stereocenters. The summed E-state index contributed by atoms with van der Waals surface area (Å²) < 4.78 is 22.2. The first-order valence-electron chi connectivity index (χ1n) is 12.8. The van der Waals surface area contributed by atoms with Crippen molar-refractivity contribution in [3.05, 3.63) is 75.5 Å². The molecule has 1 aromatic heterocycles. The summed E-state index contributed by atoms with van der Waals surface area (Å²) in [5.41, 5.74) is 2.74. The monoisotopic (exact) mass is 536 g/mol. The lowest BCUT2D eigenvalue weighted by Gasteiger charge is -2.37. The van der Waals surface area contributed by atoms with Crippen LogP contribution in [0.4, 0.5) is 0 Å². The van der Waals surface area contributed by atoms with E-state index in [9.17, 15) is 9.59 Å². The Kier molecular flexibility index (Phi) is 8.14. The van der Waals surface area contributed by atoms with Gasteiger partial charge >= 0.3 is 0 Å². The number of fused-ring (bicyclic) bond motifs is 2. The lowest BCUT2D eigenvalue weighted by atomic mass is 10.00. The summed E-state index contributed by atoms with van der Waals surface area (Å²) in [4.78, 5) is 32.0. The van der Waals surface area contributed by atoms with Gasteiger partial charge in [0.15, 0.2) is 11.5 Å². The number of nitrogens with zero attached hydrogens (tertiary/aromatic N) is 2. The van der Waals surface area contributed by atoms with Crippen molar-refractivity contribution >= 4 is 23.2 Å². The van der Waals surface area contributed by atoms with Crippen LogP contribution in [0.25, 0.3) is 0 Å². The Morgan fingerprint density at radius 2 is 1.92 bits per heavy atom. The van der Waals surface area contributed by atoms with E-state index < -0.39 is 0 Å². The Morgan fingerprint density at radius 3 is 2.74 bits per heavy atom. The number of hydrogen-bond acceptors (Lipinski definition) is 7. The van der Waals surface area contributed by atoms with Gasteiger partial charge < -0.3 is 28.7 Å². The van der Waals surface area contributed by atoms with Crippen LogP contribution in [0.15, 0.2) is 53.9 Å². The Balaban J connectivity index is 1.33. The minimum atomic E-state index is -0.228. The van der Waals surface area contributed by atoms with Crippen molar-refractivity contribution in [3.8, 4) is 17.2 Å². The van der Waals surface area contributed by atoms with Gasteiger partial charge in [-0.25, -0.2) is 0 Å². The number of rotatable bonds is 10. The first-order valence-corrected chi connectivity index (χ1v) is 13.6. The van der Waals surface area contributed by atoms with Crippen molar-refractivity contribution in [1.29, 1.82) is 0 Å². The third-order valence-electron chi connectivity index (χ3n) is 6.85. The minimum Gasteiger partial charge on any atom is -0.491 e. The highest BCUT2D eigenvalue weighted by Crippen LogP contribution is 2.35. The van der Waals surface area contributed by atoms with Crippen LogP contribution < -0.4 is 14.2 Å². The van der Waals surface area contributed by atoms with Gasteiger partial charge in [0, 0.05) is 37.2 Å². The van der Waals surface area contributed by atoms with E-state index in [2.05, 4.69) is 11.4 Å². The van der Waals surface area contributed by atoms with E-state index in [0.29, 0.717) is 49.8 Å². The van der Waals surface area contributed by atoms with Gasteiger partial charge in [-0.2, -0.15) is 0 Å². The first-order chi connectivity index (χ1) is 18.5. The second-order valence-electron chi connectivity index (χ2n) is 9.42. The highest BCUT2D eigenvalue weighted by atomic mass is 32.1. The SMILES string of the molecule is COCCCN(CC(=O)N1CCc2sccc2[C@H]1COc1ccc(C)cc1)C(=O)c1ccc2c(c1)OCO2. The van der Waals surface area contributed by atoms with Crippen molar-refractivity contribution in [3.63, 3.8) is 0 Å². The summed E-state index contributed by atoms with van der Waals surface area (Å²) in [5, 5.41) is 2.07. The van der Waals surface area contributed by atoms with Crippen LogP contribution in [0.3, 0.4) is 0 Å². The highest BCUT2D eigenvalue weighted by molar-refractivity contribution is 7.10. The maximum Gasteiger partial charge on any atom is 0.254 e. The molecule has 2 aliphatic rings. The van der Waals surface area contributed by atoms with E-state index in [1.807, 2.05) is 36.1 Å². The third kappa shape index (κ3) is 5.79. The normalized spacial score (nSPS) is 15.7. The number of hydrogen-bond donors (Lipinski definition) is 0. The predicted molar refractivity (Wildman–Crippen MR) is 144 cm³/mol. The Labute approximate surface area is 226 Å². The fraction of sp³-hybridized carbons (Fsp3) is 0.379. The molecule has 0 aliphatic carbocycles. The van der Waals surface area contributed by atoms with Crippen LogP contribution >= 0.6 is 11.3 Å². The molecule has 200 valence electrons. The summed E-state index contributed by atoms with van der Waals surface area (Å²) >= 11 is 1.71. The molecule has 0 N–H and O–H groups in total. The van der Waals surface area contributed by atoms with Gasteiger partial charge in [0.2, 0.25) is 12.7 Å². The van der Waals surface area contributed by atoms with Crippen LogP contribution in [-0.4, -0.2) is 68.4 Å². The molecule has 0 spiro atoms. The van der Waals surface area contributed by atoms with E-state index in [1.165, 1.54) is 4.88 Å². The number of amides is 2. The van der Waals surface area contributed by atoms with Crippen molar-refractivity contribution in [2.45, 2.75) is 25.8 Å². The molecular formula is C29H32N2O6S. The van der Waals surface area contributed by atoms with Gasteiger partial charge in [-0.3, -0.25) is 9.59 Å². The number of benzene rings is 2. The fourth-order valence-electron chi connectivity index (χ4n) is 4.80. The number of ether oxygens (including phenoxy) is 4. The zero-order chi connectivity index (χ0) is 26.5. The Bertz CT molecular complexity index is 1270. The molecule has 8 nitrogen and oxygen atoms in total. The maximum atomic E-state index is 13.8. The van der Waals surface area contributed by atoms with E-state index in [0.717, 1.165) is 23.3 Å². The first kappa shape index (κ1) is 26.1. The van der Waals surface area contributed by atoms with Crippen molar-refractivity contribution < 1.29 is 28.5 Å². The molecule has 38 heavy (non-hydrogen) atoms. The molecule has 2 amide bonds. The largest absolute Gasteiger partial charge is 0.491 e. The molecule has 0 saturated heterocycles. The van der Waals surface area contributed by atoms with Gasteiger partial charge in [0.1, 0.15) is 18.9 Å². The molecule has 0 bridgehead atoms. The zero-order valence-electron chi connectivity index (χ0n) is 21.7. The number of carbonyl (C=O) groups excluding carboxylic acids is 2. The molecule has 2 aromatic carbocycles. The van der Waals surface area contributed by atoms with Gasteiger partial charge in [0.05, 0.1) is 6.04 Å². The lowest BCUT2D eigenvalue weighted by molar-refractivity contribution is -0.135. The second-order valence-corrected chi connectivity index (χ2v) is 10.4. The minimum absolute atomic E-state index is 0.0303. The number of aryl methyl sites for hydroxylation is 1. The Hall–Kier alpha value is -3.56. The summed E-state index contributed by atoms with van der Waals surface area (Å²) in [6.45, 7) is 3.96. The second kappa shape index (κ2) is 11.9. The molecular weight excluding hydrogens is 504 g/mol. The van der Waals surface area contributed by atoms with Crippen molar-refractivity contribution in [2.24, 2.45) is 0 Å². The maximum absolute atomic E-state index is 13.8. The van der Waals surface area contributed by atoms with Crippen LogP contribution in [0.1, 0.15) is 38.8 Å². The summed E-state index contributed by atoms with van der Waals surface area (Å²) in [7, 11) is 1.62. The van der Waals surface area contributed by atoms with Gasteiger partial charge in [-0.1, -0.05) is 17.7 Å². The van der Waals surface area contributed by atoms with E-state index in [1.54, 1.807) is 41.5 Å². The van der Waals surface area contributed by atoms with Crippen LogP contribution in [0.2, 0.25) is 0 Å². The zero-order valence-corrected chi connectivity index (χ0v) is 22.5. The number of methoxy groups -OCH3 is 1. The molecule has 9 heteroatoms. The smallest absolute Gasteiger partial charge is 0.254 e. The van der Waals surface area contributed by atoms with Gasteiger partial charge in [-0.15, -0.1) is 11.3 Å². The van der Waals surface area contributed by atoms with Crippen LogP contribution in [0.5, 0.6) is 17.2 Å². The number of thiophene rings is 1. The van der Waals surface area contributed by atoms with Crippen LogP contribution in [-0.2, 0) is 16.0 Å². The summed E-state index contributed by atoms with van der Waals surface area (Å²) in [5.74, 6) is 1.58. The summed E-state index contributed by atoms with van der Waals surface area (Å²) in [6.07, 6.45) is 1.41. The average Bonchev–Trinajstić information content (AvgIpc) is 3.61. The van der Waals surface area contributed by atoms with Crippen molar-refractivity contribution in [2.75, 3.05) is 46.8 Å². The Morgan fingerprint density at radius 1 is 1.11 bits per heavy atom. The fourth-order valence-corrected chi connectivity index (χ4v) is 5.73. The molecule has 3 heterocycles. The third-order valence-corrected chi connectivity index (χ3v) is 7.85. The molecule has 0 radical (unpaired) electrons. The quantitative estimate of drug-likeness (QED) is 0.356. The van der Waals surface area contributed by atoms with Gasteiger partial charge in [0.25, 0.3) is 5.91 Å². The topological polar surface area (TPSA) is 77.5 Å². The molecule has 2 aliphatic heterocycles. The molecule has 3 aromatic rings. The molecule has 1 atom stereocenters. The highest BCUT2D eigenvalue weighted by Gasteiger charge is 2.34. The number of carbonyl (C=O) groups is 2. The summed E-state index contributed by atoms with van der Waals surface area (Å²) in [6, 6.07) is 14.9. The molecule has 5 rings (SSSR count). The standard InChI is InChI=1S/C29H32N2O6S/c1-20-4-7-22(8-5-20)35-18-24-23-11-15-38-27(23)10-13-31(24)28(32)17-30(12-3-14-34-2)29(33)21-6-9-25-26(16-21)37-19-36-25/h4-9,11,15-16,24H,3,10,12-14,17-19H2,1-2H3/t24-/m1/s1. The molecule has 0 saturated carbocycles. The average molecular weight is 537 g/mol. The lowest BCUT2D eigenvalue weighted by Crippen LogP contribution is -2.48. The van der Waals surface area contributed by atoms with E-state index in [-0.39, 0.29) is 31.2 Å². The van der Waals surface area contributed by atoms with E-state index >= 15 is 0 Å². The predicted octanol–water partition coefficient (Wildman–Crippen LogP) is 4.47. The van der Waals surface area contributed by atoms with Gasteiger partial charge in [-0.05, 0) is 67.1 Å². The van der Waals surface area contributed by atoms with E-state index in [4.69, 9.17) is 18.9 Å². The van der Waals surface area contributed by atoms with Crippen molar-refractivity contribution in [1.82, 2.24) is 9.80 Å². The van der Waals surface area contributed by atoms with Crippen LogP contribution in [0, 0.1) is 6.92 Å².